The van der Waals surface area contributed by atoms with Crippen LogP contribution in [0.25, 0.3) is 0 Å². The number of halogens is 1. The number of nitrogens with one attached hydrogen (secondary N) is 1. The molecule has 1 saturated carbocycles. The normalized spacial score (nSPS) is 22.9. The fourth-order valence-corrected chi connectivity index (χ4v) is 2.29. The topological polar surface area (TPSA) is 58.6 Å². The van der Waals surface area contributed by atoms with Gasteiger partial charge in [-0.05, 0) is 30.0 Å². The van der Waals surface area contributed by atoms with Crippen molar-refractivity contribution in [3.05, 3.63) is 34.9 Å². The van der Waals surface area contributed by atoms with Gasteiger partial charge in [0.2, 0.25) is 5.91 Å². The van der Waals surface area contributed by atoms with Gasteiger partial charge in [-0.2, -0.15) is 0 Å². The Morgan fingerprint density at radius 2 is 2.21 bits per heavy atom. The number of aliphatic hydroxyl groups excluding tert-OH is 1. The van der Waals surface area contributed by atoms with E-state index in [-0.39, 0.29) is 30.9 Å². The van der Waals surface area contributed by atoms with E-state index in [1.807, 2.05) is 24.3 Å². The Morgan fingerprint density at radius 3 is 2.84 bits per heavy atom. The van der Waals surface area contributed by atoms with Crippen molar-refractivity contribution in [2.75, 3.05) is 20.3 Å². The molecule has 0 bridgehead atoms. The van der Waals surface area contributed by atoms with Crippen LogP contribution in [0.15, 0.2) is 24.3 Å². The lowest BCUT2D eigenvalue weighted by molar-refractivity contribution is -0.123. The number of carbonyl (C=O) groups is 1. The van der Waals surface area contributed by atoms with Gasteiger partial charge in [-0.1, -0.05) is 23.7 Å². The first-order valence-electron chi connectivity index (χ1n) is 6.32. The van der Waals surface area contributed by atoms with Crippen LogP contribution in [0.1, 0.15) is 17.9 Å². The molecule has 0 spiro atoms. The minimum Gasteiger partial charge on any atom is -0.389 e. The van der Waals surface area contributed by atoms with Crippen molar-refractivity contribution in [3.63, 3.8) is 0 Å². The predicted octanol–water partition coefficient (Wildman–Crippen LogP) is 1.57. The van der Waals surface area contributed by atoms with E-state index in [0.717, 1.165) is 12.0 Å². The number of carbonyl (C=O) groups excluding carboxylic acids is 1. The van der Waals surface area contributed by atoms with E-state index in [1.165, 1.54) is 7.11 Å². The molecule has 1 aromatic rings. The maximum absolute atomic E-state index is 11.9. The average Bonchev–Trinajstić information content (AvgIpc) is 3.17. The number of aliphatic hydroxyl groups is 1. The van der Waals surface area contributed by atoms with Crippen LogP contribution in [0.3, 0.4) is 0 Å². The summed E-state index contributed by atoms with van der Waals surface area (Å²) in [5, 5.41) is 12.9. The van der Waals surface area contributed by atoms with E-state index in [2.05, 4.69) is 5.32 Å². The van der Waals surface area contributed by atoms with Crippen molar-refractivity contribution in [1.29, 1.82) is 0 Å². The van der Waals surface area contributed by atoms with Gasteiger partial charge in [-0.25, -0.2) is 0 Å². The monoisotopic (exact) mass is 283 g/mol. The molecule has 3 unspecified atom stereocenters. The molecule has 2 N–H and O–H groups in total. The van der Waals surface area contributed by atoms with Crippen LogP contribution in [-0.2, 0) is 9.53 Å². The molecule has 104 valence electrons. The predicted molar refractivity (Wildman–Crippen MR) is 73.2 cm³/mol. The van der Waals surface area contributed by atoms with Crippen molar-refractivity contribution in [2.45, 2.75) is 18.4 Å². The Morgan fingerprint density at radius 1 is 1.53 bits per heavy atom. The Hall–Kier alpha value is -1.10. The Kier molecular flexibility index (Phi) is 4.80. The second kappa shape index (κ2) is 6.37. The fourth-order valence-electron chi connectivity index (χ4n) is 2.16. The molecule has 2 rings (SSSR count). The van der Waals surface area contributed by atoms with Crippen LogP contribution in [-0.4, -0.2) is 37.4 Å². The van der Waals surface area contributed by atoms with E-state index in [4.69, 9.17) is 16.3 Å². The number of amides is 1. The second-order valence-corrected chi connectivity index (χ2v) is 5.29. The van der Waals surface area contributed by atoms with Gasteiger partial charge in [-0.3, -0.25) is 4.79 Å². The van der Waals surface area contributed by atoms with Crippen molar-refractivity contribution in [2.24, 2.45) is 5.92 Å². The van der Waals surface area contributed by atoms with Gasteiger partial charge in [0.05, 0.1) is 12.7 Å². The maximum atomic E-state index is 11.9. The first-order valence-corrected chi connectivity index (χ1v) is 6.69. The first kappa shape index (κ1) is 14.3. The maximum Gasteiger partial charge on any atom is 0.223 e. The van der Waals surface area contributed by atoms with E-state index in [1.54, 1.807) is 0 Å². The zero-order valence-corrected chi connectivity index (χ0v) is 11.6. The van der Waals surface area contributed by atoms with Crippen LogP contribution >= 0.6 is 11.6 Å². The molecule has 1 amide bonds. The summed E-state index contributed by atoms with van der Waals surface area (Å²) in [7, 11) is 1.52. The Bertz CT molecular complexity index is 435. The molecule has 0 saturated heterocycles. The lowest BCUT2D eigenvalue weighted by Crippen LogP contribution is -2.35. The van der Waals surface area contributed by atoms with Gasteiger partial charge in [0.1, 0.15) is 0 Å². The largest absolute Gasteiger partial charge is 0.389 e. The van der Waals surface area contributed by atoms with Crippen LogP contribution in [0.4, 0.5) is 0 Å². The lowest BCUT2D eigenvalue weighted by atomic mass is 10.1. The van der Waals surface area contributed by atoms with Gasteiger partial charge in [0.15, 0.2) is 0 Å². The van der Waals surface area contributed by atoms with E-state index < -0.39 is 6.10 Å². The molecule has 19 heavy (non-hydrogen) atoms. The molecule has 0 radical (unpaired) electrons. The molecule has 3 atom stereocenters. The summed E-state index contributed by atoms with van der Waals surface area (Å²) in [4.78, 5) is 11.9. The Labute approximate surface area is 117 Å². The highest BCUT2D eigenvalue weighted by molar-refractivity contribution is 6.30. The third-order valence-corrected chi connectivity index (χ3v) is 3.55. The molecule has 0 aromatic heterocycles. The van der Waals surface area contributed by atoms with Crippen molar-refractivity contribution >= 4 is 17.5 Å². The summed E-state index contributed by atoms with van der Waals surface area (Å²) in [5.74, 6) is 0.280. The average molecular weight is 284 g/mol. The summed E-state index contributed by atoms with van der Waals surface area (Å²) in [5.41, 5.74) is 1.14. The molecule has 4 nitrogen and oxygen atoms in total. The van der Waals surface area contributed by atoms with Crippen molar-refractivity contribution in [3.8, 4) is 0 Å². The summed E-state index contributed by atoms with van der Waals surface area (Å²) < 4.78 is 4.80. The first-order chi connectivity index (χ1) is 9.11. The lowest BCUT2D eigenvalue weighted by Gasteiger charge is -2.10. The van der Waals surface area contributed by atoms with Crippen LogP contribution in [0, 0.1) is 5.92 Å². The number of benzene rings is 1. The minimum atomic E-state index is -0.651. The van der Waals surface area contributed by atoms with E-state index in [0.29, 0.717) is 5.02 Å². The molecule has 1 aromatic carbocycles. The summed E-state index contributed by atoms with van der Waals surface area (Å²) >= 11 is 5.83. The zero-order chi connectivity index (χ0) is 13.8. The summed E-state index contributed by atoms with van der Waals surface area (Å²) in [6, 6.07) is 7.60. The number of rotatable bonds is 6. The molecule has 0 heterocycles. The standard InChI is InChI=1S/C14H18ClNO3/c1-19-8-11(17)7-16-14(18)13-6-12(13)9-2-4-10(15)5-3-9/h2-5,11-13,17H,6-8H2,1H3,(H,16,18). The highest BCUT2D eigenvalue weighted by atomic mass is 35.5. The van der Waals surface area contributed by atoms with E-state index in [9.17, 15) is 9.90 Å². The fraction of sp³-hybridized carbons (Fsp3) is 0.500. The summed E-state index contributed by atoms with van der Waals surface area (Å²) in [6.07, 6.45) is 0.204. The van der Waals surface area contributed by atoms with Gasteiger partial charge >= 0.3 is 0 Å². The highest BCUT2D eigenvalue weighted by Crippen LogP contribution is 2.47. The molecule has 1 aliphatic carbocycles. The molecular formula is C14H18ClNO3. The van der Waals surface area contributed by atoms with E-state index >= 15 is 0 Å². The quantitative estimate of drug-likeness (QED) is 0.833. The molecule has 1 aliphatic rings. The minimum absolute atomic E-state index is 0.00453. The number of ether oxygens (including phenoxy) is 1. The van der Waals surface area contributed by atoms with Crippen molar-refractivity contribution in [1.82, 2.24) is 5.32 Å². The SMILES string of the molecule is COCC(O)CNC(=O)C1CC1c1ccc(Cl)cc1. The second-order valence-electron chi connectivity index (χ2n) is 4.85. The van der Waals surface area contributed by atoms with Gasteiger partial charge in [-0.15, -0.1) is 0 Å². The van der Waals surface area contributed by atoms with Gasteiger partial charge in [0.25, 0.3) is 0 Å². The molecule has 1 fully saturated rings. The molecular weight excluding hydrogens is 266 g/mol. The van der Waals surface area contributed by atoms with Gasteiger partial charge < -0.3 is 15.2 Å². The van der Waals surface area contributed by atoms with Crippen LogP contribution in [0.2, 0.25) is 5.02 Å². The summed E-state index contributed by atoms with van der Waals surface area (Å²) in [6.45, 7) is 0.460. The molecule has 5 heteroatoms. The zero-order valence-electron chi connectivity index (χ0n) is 10.8. The smallest absolute Gasteiger partial charge is 0.223 e. The third kappa shape index (κ3) is 3.93. The van der Waals surface area contributed by atoms with Crippen LogP contribution in [0.5, 0.6) is 0 Å². The number of hydrogen-bond acceptors (Lipinski definition) is 3. The van der Waals surface area contributed by atoms with Crippen LogP contribution < -0.4 is 5.32 Å². The van der Waals surface area contributed by atoms with Gasteiger partial charge in [0, 0.05) is 24.6 Å². The molecule has 0 aliphatic heterocycles. The Balaban J connectivity index is 1.79. The highest BCUT2D eigenvalue weighted by Gasteiger charge is 2.43. The number of hydrogen-bond donors (Lipinski definition) is 2. The number of methoxy groups -OCH3 is 1. The van der Waals surface area contributed by atoms with Crippen molar-refractivity contribution < 1.29 is 14.6 Å². The third-order valence-electron chi connectivity index (χ3n) is 3.30.